The first kappa shape index (κ1) is 12.4. The van der Waals surface area contributed by atoms with Crippen LogP contribution in [0.2, 0.25) is 0 Å². The first-order chi connectivity index (χ1) is 9.20. The van der Waals surface area contributed by atoms with Crippen molar-refractivity contribution in [2.24, 2.45) is 0 Å². The van der Waals surface area contributed by atoms with Gasteiger partial charge >= 0.3 is 5.76 Å². The molecule has 1 saturated heterocycles. The van der Waals surface area contributed by atoms with Gasteiger partial charge in [-0.15, -0.1) is 0 Å². The summed E-state index contributed by atoms with van der Waals surface area (Å²) in [6.45, 7) is 3.29. The van der Waals surface area contributed by atoms with E-state index in [0.29, 0.717) is 11.6 Å². The number of aromatic amines is 1. The van der Waals surface area contributed by atoms with E-state index in [2.05, 4.69) is 22.2 Å². The lowest BCUT2D eigenvalue weighted by Crippen LogP contribution is -2.49. The summed E-state index contributed by atoms with van der Waals surface area (Å²) in [4.78, 5) is 16.2. The predicted octanol–water partition coefficient (Wildman–Crippen LogP) is 0.957. The Hall–Kier alpha value is -1.59. The zero-order chi connectivity index (χ0) is 13.2. The molecule has 1 atom stereocenters. The van der Waals surface area contributed by atoms with Gasteiger partial charge in [0.1, 0.15) is 0 Å². The van der Waals surface area contributed by atoms with E-state index in [-0.39, 0.29) is 5.76 Å². The zero-order valence-electron chi connectivity index (χ0n) is 11.1. The average Bonchev–Trinajstić information content (AvgIpc) is 2.75. The Morgan fingerprint density at radius 1 is 1.47 bits per heavy atom. The number of rotatable bonds is 3. The van der Waals surface area contributed by atoms with Crippen molar-refractivity contribution in [3.8, 4) is 0 Å². The molecule has 1 aromatic heterocycles. The SMILES string of the molecule is CN1CCNC(CCc2ccc3oc(=O)[nH]c3c2)C1. The maximum Gasteiger partial charge on any atom is 0.417 e. The Bertz CT molecular complexity index is 616. The highest BCUT2D eigenvalue weighted by molar-refractivity contribution is 5.72. The number of benzene rings is 1. The van der Waals surface area contributed by atoms with Crippen LogP contribution in [0.15, 0.2) is 27.4 Å². The van der Waals surface area contributed by atoms with Gasteiger partial charge in [0.05, 0.1) is 5.52 Å². The molecule has 5 nitrogen and oxygen atoms in total. The second kappa shape index (κ2) is 5.19. The Labute approximate surface area is 111 Å². The summed E-state index contributed by atoms with van der Waals surface area (Å²) in [5, 5.41) is 3.54. The predicted molar refractivity (Wildman–Crippen MR) is 74.4 cm³/mol. The van der Waals surface area contributed by atoms with Gasteiger partial charge < -0.3 is 14.6 Å². The highest BCUT2D eigenvalue weighted by Gasteiger charge is 2.16. The normalized spacial score (nSPS) is 21.0. The van der Waals surface area contributed by atoms with Crippen molar-refractivity contribution in [1.29, 1.82) is 0 Å². The van der Waals surface area contributed by atoms with Gasteiger partial charge in [0, 0.05) is 25.7 Å². The number of hydrogen-bond donors (Lipinski definition) is 2. The molecule has 2 aromatic rings. The van der Waals surface area contributed by atoms with Crippen LogP contribution in [0.25, 0.3) is 11.1 Å². The fourth-order valence-electron chi connectivity index (χ4n) is 2.68. The number of aromatic nitrogens is 1. The van der Waals surface area contributed by atoms with Gasteiger partial charge in [-0.2, -0.15) is 0 Å². The smallest absolute Gasteiger partial charge is 0.408 e. The van der Waals surface area contributed by atoms with E-state index < -0.39 is 0 Å². The van der Waals surface area contributed by atoms with Crippen LogP contribution < -0.4 is 11.1 Å². The molecule has 0 spiro atoms. The number of likely N-dealkylation sites (N-methyl/N-ethyl adjacent to an activating group) is 1. The summed E-state index contributed by atoms with van der Waals surface area (Å²) in [6.07, 6.45) is 2.12. The third-order valence-corrected chi connectivity index (χ3v) is 3.72. The molecule has 0 bridgehead atoms. The second-order valence-electron chi connectivity index (χ2n) is 5.30. The molecule has 1 fully saturated rings. The first-order valence-corrected chi connectivity index (χ1v) is 6.74. The van der Waals surface area contributed by atoms with E-state index >= 15 is 0 Å². The maximum atomic E-state index is 11.1. The number of hydrogen-bond acceptors (Lipinski definition) is 4. The van der Waals surface area contributed by atoms with E-state index in [1.807, 2.05) is 18.2 Å². The van der Waals surface area contributed by atoms with Gasteiger partial charge in [0.2, 0.25) is 0 Å². The minimum Gasteiger partial charge on any atom is -0.408 e. The number of oxazole rings is 1. The monoisotopic (exact) mass is 261 g/mol. The van der Waals surface area contributed by atoms with Crippen molar-refractivity contribution in [3.63, 3.8) is 0 Å². The third kappa shape index (κ3) is 2.88. The number of aryl methyl sites for hydroxylation is 1. The summed E-state index contributed by atoms with van der Waals surface area (Å²) in [7, 11) is 2.16. The fourth-order valence-corrected chi connectivity index (χ4v) is 2.68. The molecular formula is C14H19N3O2. The Morgan fingerprint density at radius 2 is 2.37 bits per heavy atom. The van der Waals surface area contributed by atoms with Crippen LogP contribution in [0.3, 0.4) is 0 Å². The van der Waals surface area contributed by atoms with Gasteiger partial charge in [-0.1, -0.05) is 6.07 Å². The summed E-state index contributed by atoms with van der Waals surface area (Å²) >= 11 is 0. The number of H-pyrrole nitrogens is 1. The Kier molecular flexibility index (Phi) is 3.40. The van der Waals surface area contributed by atoms with Gasteiger partial charge in [-0.25, -0.2) is 4.79 Å². The number of fused-ring (bicyclic) bond motifs is 1. The average molecular weight is 261 g/mol. The molecule has 102 valence electrons. The number of nitrogens with zero attached hydrogens (tertiary/aromatic N) is 1. The van der Waals surface area contributed by atoms with Gasteiger partial charge in [-0.3, -0.25) is 4.98 Å². The molecule has 0 radical (unpaired) electrons. The molecule has 3 rings (SSSR count). The molecule has 0 saturated carbocycles. The first-order valence-electron chi connectivity index (χ1n) is 6.74. The highest BCUT2D eigenvalue weighted by Crippen LogP contribution is 2.14. The minimum atomic E-state index is -0.386. The van der Waals surface area contributed by atoms with Crippen LogP contribution in [0.5, 0.6) is 0 Å². The van der Waals surface area contributed by atoms with Gasteiger partial charge in [0.15, 0.2) is 5.58 Å². The molecule has 1 aliphatic rings. The minimum absolute atomic E-state index is 0.386. The van der Waals surface area contributed by atoms with E-state index in [4.69, 9.17) is 4.42 Å². The van der Waals surface area contributed by atoms with Gasteiger partial charge in [-0.05, 0) is 37.6 Å². The van der Waals surface area contributed by atoms with Crippen molar-refractivity contribution in [2.75, 3.05) is 26.7 Å². The molecule has 19 heavy (non-hydrogen) atoms. The number of nitrogens with one attached hydrogen (secondary N) is 2. The molecule has 2 heterocycles. The van der Waals surface area contributed by atoms with Crippen LogP contribution in [-0.2, 0) is 6.42 Å². The molecule has 1 unspecified atom stereocenters. The van der Waals surface area contributed by atoms with Crippen LogP contribution in [-0.4, -0.2) is 42.6 Å². The molecule has 1 aromatic carbocycles. The van der Waals surface area contributed by atoms with Crippen molar-refractivity contribution in [1.82, 2.24) is 15.2 Å². The lowest BCUT2D eigenvalue weighted by molar-refractivity contribution is 0.232. The lowest BCUT2D eigenvalue weighted by atomic mass is 10.0. The molecule has 5 heteroatoms. The molecule has 0 amide bonds. The lowest BCUT2D eigenvalue weighted by Gasteiger charge is -2.30. The van der Waals surface area contributed by atoms with Crippen LogP contribution in [0, 0.1) is 0 Å². The molecule has 0 aliphatic carbocycles. The summed E-state index contributed by atoms with van der Waals surface area (Å²) < 4.78 is 5.00. The quantitative estimate of drug-likeness (QED) is 0.864. The fraction of sp³-hybridized carbons (Fsp3) is 0.500. The summed E-state index contributed by atoms with van der Waals surface area (Å²) in [5.41, 5.74) is 2.65. The molecular weight excluding hydrogens is 242 g/mol. The second-order valence-corrected chi connectivity index (χ2v) is 5.30. The summed E-state index contributed by atoms with van der Waals surface area (Å²) in [5.74, 6) is -0.386. The van der Waals surface area contributed by atoms with Crippen molar-refractivity contribution < 1.29 is 4.42 Å². The van der Waals surface area contributed by atoms with Crippen molar-refractivity contribution in [3.05, 3.63) is 34.3 Å². The topological polar surface area (TPSA) is 61.3 Å². The summed E-state index contributed by atoms with van der Waals surface area (Å²) in [6, 6.07) is 6.46. The van der Waals surface area contributed by atoms with Crippen molar-refractivity contribution >= 4 is 11.1 Å². The molecule has 2 N–H and O–H groups in total. The third-order valence-electron chi connectivity index (χ3n) is 3.72. The Morgan fingerprint density at radius 3 is 3.21 bits per heavy atom. The van der Waals surface area contributed by atoms with Crippen LogP contribution in [0.4, 0.5) is 0 Å². The van der Waals surface area contributed by atoms with Gasteiger partial charge in [0.25, 0.3) is 0 Å². The number of piperazine rings is 1. The highest BCUT2D eigenvalue weighted by atomic mass is 16.4. The van der Waals surface area contributed by atoms with Crippen LogP contribution >= 0.6 is 0 Å². The largest absolute Gasteiger partial charge is 0.417 e. The zero-order valence-corrected chi connectivity index (χ0v) is 11.1. The standard InChI is InChI=1S/C14H19N3O2/c1-17-7-6-15-11(9-17)4-2-10-3-5-13-12(8-10)16-14(18)19-13/h3,5,8,11,15H,2,4,6-7,9H2,1H3,(H,16,18). The van der Waals surface area contributed by atoms with E-state index in [9.17, 15) is 4.79 Å². The maximum absolute atomic E-state index is 11.1. The van der Waals surface area contributed by atoms with E-state index in [1.165, 1.54) is 5.56 Å². The molecule has 1 aliphatic heterocycles. The van der Waals surface area contributed by atoms with E-state index in [0.717, 1.165) is 38.0 Å². The van der Waals surface area contributed by atoms with Crippen molar-refractivity contribution in [2.45, 2.75) is 18.9 Å². The van der Waals surface area contributed by atoms with E-state index in [1.54, 1.807) is 0 Å². The van der Waals surface area contributed by atoms with Crippen LogP contribution in [0.1, 0.15) is 12.0 Å². The Balaban J connectivity index is 1.66.